The van der Waals surface area contributed by atoms with Crippen molar-refractivity contribution in [2.45, 2.75) is 6.04 Å². The molecule has 0 aromatic rings. The van der Waals surface area contributed by atoms with Crippen molar-refractivity contribution in [1.82, 2.24) is 16.0 Å². The van der Waals surface area contributed by atoms with Crippen LogP contribution in [0.4, 0.5) is 0 Å². The molecule has 3 N–H and O–H groups in total. The van der Waals surface area contributed by atoms with E-state index in [1.54, 1.807) is 0 Å². The fourth-order valence-electron chi connectivity index (χ4n) is 0.867. The van der Waals surface area contributed by atoms with E-state index in [0.29, 0.717) is 0 Å². The van der Waals surface area contributed by atoms with E-state index < -0.39 is 0 Å². The Morgan fingerprint density at radius 3 is 2.67 bits per heavy atom. The molecule has 0 aromatic carbocycles. The highest BCUT2D eigenvalue weighted by atomic mass is 16.1. The lowest BCUT2D eigenvalue weighted by atomic mass is 10.2. The van der Waals surface area contributed by atoms with Crippen molar-refractivity contribution in [3.63, 3.8) is 0 Å². The van der Waals surface area contributed by atoms with Gasteiger partial charge < -0.3 is 16.0 Å². The van der Waals surface area contributed by atoms with Crippen LogP contribution in [0.1, 0.15) is 0 Å². The van der Waals surface area contributed by atoms with Crippen molar-refractivity contribution in [3.8, 4) is 0 Å². The van der Waals surface area contributed by atoms with Gasteiger partial charge in [-0.15, -0.1) is 0 Å². The first-order chi connectivity index (χ1) is 4.43. The van der Waals surface area contributed by atoms with Crippen LogP contribution in [-0.4, -0.2) is 32.2 Å². The molecular weight excluding hydrogens is 118 g/mol. The average Bonchev–Trinajstić information content (AvgIpc) is 1.91. The van der Waals surface area contributed by atoms with Crippen LogP contribution >= 0.6 is 0 Å². The molecule has 4 heteroatoms. The van der Waals surface area contributed by atoms with E-state index in [0.717, 1.165) is 26.2 Å². The number of amides is 1. The summed E-state index contributed by atoms with van der Waals surface area (Å²) in [4.78, 5) is 9.91. The highest BCUT2D eigenvalue weighted by molar-refractivity contribution is 5.46. The van der Waals surface area contributed by atoms with Gasteiger partial charge in [-0.25, -0.2) is 0 Å². The van der Waals surface area contributed by atoms with E-state index in [4.69, 9.17) is 0 Å². The topological polar surface area (TPSA) is 53.2 Å². The molecule has 9 heavy (non-hydrogen) atoms. The van der Waals surface area contributed by atoms with Crippen molar-refractivity contribution < 1.29 is 4.79 Å². The van der Waals surface area contributed by atoms with Gasteiger partial charge in [0.05, 0.1) is 6.04 Å². The Hall–Kier alpha value is -0.610. The third-order valence-corrected chi connectivity index (χ3v) is 1.34. The number of rotatable bonds is 2. The number of carbonyl (C=O) groups excluding carboxylic acids is 1. The SMILES string of the molecule is O=CNC1CNCNC1. The molecule has 0 radical (unpaired) electrons. The molecule has 0 aromatic heterocycles. The van der Waals surface area contributed by atoms with Gasteiger partial charge in [0.25, 0.3) is 0 Å². The van der Waals surface area contributed by atoms with Crippen LogP contribution in [0, 0.1) is 0 Å². The van der Waals surface area contributed by atoms with E-state index in [9.17, 15) is 4.79 Å². The molecule has 0 unspecified atom stereocenters. The van der Waals surface area contributed by atoms with Crippen LogP contribution in [0.25, 0.3) is 0 Å². The standard InChI is InChI=1S/C5H11N3O/c9-4-8-5-1-6-3-7-2-5/h4-7H,1-3H2,(H,8,9). The van der Waals surface area contributed by atoms with E-state index in [1.165, 1.54) is 0 Å². The smallest absolute Gasteiger partial charge is 0.207 e. The molecule has 0 saturated carbocycles. The summed E-state index contributed by atoms with van der Waals surface area (Å²) in [7, 11) is 0. The molecule has 4 nitrogen and oxygen atoms in total. The molecule has 52 valence electrons. The summed E-state index contributed by atoms with van der Waals surface area (Å²) in [5.41, 5.74) is 0. The van der Waals surface area contributed by atoms with E-state index >= 15 is 0 Å². The summed E-state index contributed by atoms with van der Waals surface area (Å²) in [5, 5.41) is 8.85. The predicted molar refractivity (Wildman–Crippen MR) is 33.9 cm³/mol. The van der Waals surface area contributed by atoms with Crippen molar-refractivity contribution >= 4 is 6.41 Å². The molecule has 1 saturated heterocycles. The maximum atomic E-state index is 9.91. The lowest BCUT2D eigenvalue weighted by molar-refractivity contribution is -0.110. The molecule has 0 spiro atoms. The molecular formula is C5H11N3O. The van der Waals surface area contributed by atoms with Gasteiger partial charge in [0.15, 0.2) is 0 Å². The minimum Gasteiger partial charge on any atom is -0.353 e. The zero-order chi connectivity index (χ0) is 6.53. The third-order valence-electron chi connectivity index (χ3n) is 1.34. The van der Waals surface area contributed by atoms with Gasteiger partial charge in [0, 0.05) is 19.8 Å². The second-order valence-corrected chi connectivity index (χ2v) is 2.07. The average molecular weight is 129 g/mol. The van der Waals surface area contributed by atoms with Gasteiger partial charge in [-0.2, -0.15) is 0 Å². The summed E-state index contributed by atoms with van der Waals surface area (Å²) >= 11 is 0. The van der Waals surface area contributed by atoms with Crippen LogP contribution in [0.5, 0.6) is 0 Å². The maximum absolute atomic E-state index is 9.91. The first kappa shape index (κ1) is 6.51. The summed E-state index contributed by atoms with van der Waals surface area (Å²) in [6.07, 6.45) is 0.735. The van der Waals surface area contributed by atoms with Crippen LogP contribution in [0.2, 0.25) is 0 Å². The third kappa shape index (κ3) is 1.99. The monoisotopic (exact) mass is 129 g/mol. The summed E-state index contributed by atoms with van der Waals surface area (Å²) < 4.78 is 0. The number of nitrogens with one attached hydrogen (secondary N) is 3. The second kappa shape index (κ2) is 3.42. The van der Waals surface area contributed by atoms with E-state index in [-0.39, 0.29) is 6.04 Å². The lowest BCUT2D eigenvalue weighted by Crippen LogP contribution is -2.53. The lowest BCUT2D eigenvalue weighted by Gasteiger charge is -2.22. The van der Waals surface area contributed by atoms with Crippen LogP contribution in [0.15, 0.2) is 0 Å². The maximum Gasteiger partial charge on any atom is 0.207 e. The molecule has 1 rings (SSSR count). The number of hydrogen-bond donors (Lipinski definition) is 3. The van der Waals surface area contributed by atoms with Gasteiger partial charge in [0.2, 0.25) is 6.41 Å². The Balaban J connectivity index is 2.15. The zero-order valence-corrected chi connectivity index (χ0v) is 5.18. The molecule has 1 heterocycles. The summed E-state index contributed by atoms with van der Waals surface area (Å²) in [6.45, 7) is 2.58. The summed E-state index contributed by atoms with van der Waals surface area (Å²) in [6, 6.07) is 0.260. The highest BCUT2D eigenvalue weighted by Gasteiger charge is 2.09. The largest absolute Gasteiger partial charge is 0.353 e. The van der Waals surface area contributed by atoms with Crippen molar-refractivity contribution in [2.24, 2.45) is 0 Å². The fraction of sp³-hybridized carbons (Fsp3) is 0.800. The van der Waals surface area contributed by atoms with Crippen LogP contribution < -0.4 is 16.0 Å². The predicted octanol–water partition coefficient (Wildman–Crippen LogP) is -1.75. The van der Waals surface area contributed by atoms with E-state index in [2.05, 4.69) is 16.0 Å². The molecule has 1 fully saturated rings. The van der Waals surface area contributed by atoms with Gasteiger partial charge in [0.1, 0.15) is 0 Å². The molecule has 1 aliphatic heterocycles. The first-order valence-electron chi connectivity index (χ1n) is 3.04. The first-order valence-corrected chi connectivity index (χ1v) is 3.04. The minimum absolute atomic E-state index is 0.260. The molecule has 0 atom stereocenters. The molecule has 1 amide bonds. The number of carbonyl (C=O) groups is 1. The van der Waals surface area contributed by atoms with Gasteiger partial charge in [-0.3, -0.25) is 4.79 Å². The number of hydrogen-bond acceptors (Lipinski definition) is 3. The quantitative estimate of drug-likeness (QED) is 0.388. The highest BCUT2D eigenvalue weighted by Crippen LogP contribution is 1.80. The molecule has 1 aliphatic rings. The van der Waals surface area contributed by atoms with Gasteiger partial charge >= 0.3 is 0 Å². The van der Waals surface area contributed by atoms with Crippen LogP contribution in [-0.2, 0) is 4.79 Å². The van der Waals surface area contributed by atoms with Crippen LogP contribution in [0.3, 0.4) is 0 Å². The van der Waals surface area contributed by atoms with Crippen molar-refractivity contribution in [1.29, 1.82) is 0 Å². The Morgan fingerprint density at radius 2 is 2.11 bits per heavy atom. The normalized spacial score (nSPS) is 21.3. The fourth-order valence-corrected chi connectivity index (χ4v) is 0.867. The summed E-state index contributed by atoms with van der Waals surface area (Å²) in [5.74, 6) is 0. The molecule has 0 bridgehead atoms. The second-order valence-electron chi connectivity index (χ2n) is 2.07. The Labute approximate surface area is 54.0 Å². The van der Waals surface area contributed by atoms with Crippen molar-refractivity contribution in [2.75, 3.05) is 19.8 Å². The van der Waals surface area contributed by atoms with Crippen molar-refractivity contribution in [3.05, 3.63) is 0 Å². The van der Waals surface area contributed by atoms with Gasteiger partial charge in [-0.05, 0) is 0 Å². The Kier molecular flexibility index (Phi) is 2.48. The zero-order valence-electron chi connectivity index (χ0n) is 5.18. The Bertz CT molecular complexity index is 90.2. The Morgan fingerprint density at radius 1 is 1.44 bits per heavy atom. The molecule has 0 aliphatic carbocycles. The minimum atomic E-state index is 0.260. The van der Waals surface area contributed by atoms with E-state index in [1.807, 2.05) is 0 Å². The van der Waals surface area contributed by atoms with Gasteiger partial charge in [-0.1, -0.05) is 0 Å².